The Kier molecular flexibility index (Phi) is 6.60. The average Bonchev–Trinajstić information content (AvgIpc) is 2.97. The first-order valence-electron chi connectivity index (χ1n) is 8.43. The van der Waals surface area contributed by atoms with Gasteiger partial charge < -0.3 is 14.6 Å². The number of phenols is 1. The van der Waals surface area contributed by atoms with Gasteiger partial charge in [0.1, 0.15) is 5.56 Å². The van der Waals surface area contributed by atoms with Crippen molar-refractivity contribution >= 4 is 58.2 Å². The number of thioether (sulfide) groups is 1. The van der Waals surface area contributed by atoms with E-state index < -0.39 is 17.1 Å². The van der Waals surface area contributed by atoms with Crippen molar-refractivity contribution < 1.29 is 29.0 Å². The van der Waals surface area contributed by atoms with Crippen molar-refractivity contribution in [3.8, 4) is 11.5 Å². The lowest BCUT2D eigenvalue weighted by Crippen LogP contribution is -2.27. The van der Waals surface area contributed by atoms with Gasteiger partial charge in [-0.15, -0.1) is 0 Å². The van der Waals surface area contributed by atoms with E-state index in [0.717, 1.165) is 16.7 Å². The maximum atomic E-state index is 12.8. The maximum absolute atomic E-state index is 12.8. The molecule has 3 rings (SSSR count). The lowest BCUT2D eigenvalue weighted by molar-refractivity contribution is -0.123. The highest BCUT2D eigenvalue weighted by atomic mass is 35.5. The molecule has 10 heteroatoms. The van der Waals surface area contributed by atoms with Crippen LogP contribution in [0.25, 0.3) is 6.08 Å². The summed E-state index contributed by atoms with van der Waals surface area (Å²) in [5, 5.41) is 10.4. The lowest BCUT2D eigenvalue weighted by Gasteiger charge is -2.13. The van der Waals surface area contributed by atoms with E-state index in [1.807, 2.05) is 0 Å². The number of methoxy groups -OCH3 is 2. The average molecular weight is 468 g/mol. The van der Waals surface area contributed by atoms with Crippen LogP contribution < -0.4 is 4.74 Å². The molecule has 0 bridgehead atoms. The molecule has 0 aromatic heterocycles. The Labute approximate surface area is 186 Å². The number of carbonyl (C=O) groups excluding carboxylic acids is 3. The molecule has 1 aliphatic heterocycles. The molecule has 2 aromatic rings. The van der Waals surface area contributed by atoms with Gasteiger partial charge in [-0.2, -0.15) is 0 Å². The van der Waals surface area contributed by atoms with Gasteiger partial charge in [-0.05, 0) is 53.2 Å². The fourth-order valence-electron chi connectivity index (χ4n) is 2.74. The molecule has 156 valence electrons. The van der Waals surface area contributed by atoms with Crippen LogP contribution in [0.1, 0.15) is 21.5 Å². The van der Waals surface area contributed by atoms with Gasteiger partial charge in [0.15, 0.2) is 11.5 Å². The Morgan fingerprint density at radius 2 is 1.93 bits per heavy atom. The quantitative estimate of drug-likeness (QED) is 0.501. The molecule has 1 N–H and O–H groups in total. The SMILES string of the molecule is COC(=O)c1cc(/C=C2\SC(=O)N(Cc3ccc(Cl)cc3Cl)C2=O)cc(OC)c1O. The molecule has 1 saturated heterocycles. The van der Waals surface area contributed by atoms with Gasteiger partial charge in [-0.25, -0.2) is 4.79 Å². The number of ether oxygens (including phenoxy) is 2. The van der Waals surface area contributed by atoms with Crippen LogP contribution in [0, 0.1) is 0 Å². The van der Waals surface area contributed by atoms with E-state index in [0.29, 0.717) is 21.2 Å². The summed E-state index contributed by atoms with van der Waals surface area (Å²) in [5.74, 6) is -1.64. The third kappa shape index (κ3) is 4.40. The molecule has 2 aromatic carbocycles. The molecule has 1 heterocycles. The van der Waals surface area contributed by atoms with E-state index in [4.69, 9.17) is 27.9 Å². The second kappa shape index (κ2) is 8.99. The lowest BCUT2D eigenvalue weighted by atomic mass is 10.1. The number of phenolic OH excluding ortho intramolecular Hbond substituents is 1. The van der Waals surface area contributed by atoms with Crippen LogP contribution in [-0.4, -0.2) is 41.3 Å². The zero-order chi connectivity index (χ0) is 22.0. The van der Waals surface area contributed by atoms with Gasteiger partial charge in [-0.1, -0.05) is 29.3 Å². The summed E-state index contributed by atoms with van der Waals surface area (Å²) in [6, 6.07) is 7.57. The Morgan fingerprint density at radius 1 is 1.20 bits per heavy atom. The Balaban J connectivity index is 1.92. The number of benzene rings is 2. The smallest absolute Gasteiger partial charge is 0.341 e. The third-order valence-electron chi connectivity index (χ3n) is 4.24. The zero-order valence-corrected chi connectivity index (χ0v) is 18.1. The number of amides is 2. The number of imide groups is 1. The minimum atomic E-state index is -0.772. The van der Waals surface area contributed by atoms with Gasteiger partial charge in [0, 0.05) is 10.0 Å². The predicted molar refractivity (Wildman–Crippen MR) is 114 cm³/mol. The highest BCUT2D eigenvalue weighted by molar-refractivity contribution is 8.18. The monoisotopic (exact) mass is 467 g/mol. The normalized spacial score (nSPS) is 15.1. The molecule has 0 radical (unpaired) electrons. The van der Waals surface area contributed by atoms with Crippen LogP contribution in [0.5, 0.6) is 11.5 Å². The van der Waals surface area contributed by atoms with Crippen molar-refractivity contribution in [2.75, 3.05) is 14.2 Å². The number of aromatic hydroxyl groups is 1. The molecule has 7 nitrogen and oxygen atoms in total. The summed E-state index contributed by atoms with van der Waals surface area (Å²) in [5.41, 5.74) is 0.819. The number of rotatable bonds is 5. The summed E-state index contributed by atoms with van der Waals surface area (Å²) >= 11 is 12.8. The van der Waals surface area contributed by atoms with Crippen molar-refractivity contribution in [1.82, 2.24) is 4.90 Å². The van der Waals surface area contributed by atoms with Gasteiger partial charge in [0.05, 0.1) is 25.7 Å². The maximum Gasteiger partial charge on any atom is 0.341 e. The number of nitrogens with zero attached hydrogens (tertiary/aromatic N) is 1. The van der Waals surface area contributed by atoms with Gasteiger partial charge in [0.2, 0.25) is 0 Å². The van der Waals surface area contributed by atoms with E-state index in [-0.39, 0.29) is 28.5 Å². The summed E-state index contributed by atoms with van der Waals surface area (Å²) in [6.45, 7) is -0.00960. The first kappa shape index (κ1) is 22.0. The minimum Gasteiger partial charge on any atom is -0.504 e. The molecular formula is C20H15Cl2NO6S. The number of carbonyl (C=O) groups is 3. The molecule has 0 saturated carbocycles. The molecule has 1 fully saturated rings. The van der Waals surface area contributed by atoms with Gasteiger partial charge in [0.25, 0.3) is 11.1 Å². The van der Waals surface area contributed by atoms with Crippen LogP contribution in [0.15, 0.2) is 35.2 Å². The van der Waals surface area contributed by atoms with E-state index in [1.54, 1.807) is 12.1 Å². The Hall–Kier alpha value is -2.68. The molecule has 0 aliphatic carbocycles. The molecule has 0 unspecified atom stereocenters. The third-order valence-corrected chi connectivity index (χ3v) is 5.73. The van der Waals surface area contributed by atoms with E-state index in [9.17, 15) is 19.5 Å². The summed E-state index contributed by atoms with van der Waals surface area (Å²) in [4.78, 5) is 38.3. The predicted octanol–water partition coefficient (Wildman–Crippen LogP) is 4.73. The van der Waals surface area contributed by atoms with Gasteiger partial charge >= 0.3 is 5.97 Å². The number of halogens is 2. The molecule has 30 heavy (non-hydrogen) atoms. The fraction of sp³-hybridized carbons (Fsp3) is 0.150. The largest absolute Gasteiger partial charge is 0.504 e. The van der Waals surface area contributed by atoms with Crippen molar-refractivity contribution in [2.24, 2.45) is 0 Å². The van der Waals surface area contributed by atoms with Crippen LogP contribution in [0.4, 0.5) is 4.79 Å². The summed E-state index contributed by atoms with van der Waals surface area (Å²) < 4.78 is 9.73. The standard InChI is InChI=1S/C20H15Cl2NO6S/c1-28-15-6-10(5-13(17(15)24)19(26)29-2)7-16-18(25)23(20(27)30-16)9-11-3-4-12(21)8-14(11)22/h3-8,24H,9H2,1-2H3/b16-7-. The Bertz CT molecular complexity index is 1090. The molecule has 2 amide bonds. The number of hydrogen-bond acceptors (Lipinski definition) is 7. The summed E-state index contributed by atoms with van der Waals surface area (Å²) in [7, 11) is 2.50. The van der Waals surface area contributed by atoms with Crippen molar-refractivity contribution in [3.05, 3.63) is 62.0 Å². The first-order valence-corrected chi connectivity index (χ1v) is 10.0. The van der Waals surface area contributed by atoms with E-state index >= 15 is 0 Å². The fourth-order valence-corrected chi connectivity index (χ4v) is 4.05. The molecule has 0 atom stereocenters. The first-order chi connectivity index (χ1) is 14.2. The highest BCUT2D eigenvalue weighted by Crippen LogP contribution is 2.37. The van der Waals surface area contributed by atoms with Gasteiger partial charge in [-0.3, -0.25) is 14.5 Å². The van der Waals surface area contributed by atoms with Crippen molar-refractivity contribution in [3.63, 3.8) is 0 Å². The summed E-state index contributed by atoms with van der Waals surface area (Å²) in [6.07, 6.45) is 1.43. The number of esters is 1. The molecule has 1 aliphatic rings. The highest BCUT2D eigenvalue weighted by Gasteiger charge is 2.35. The minimum absolute atomic E-state index is 0.00960. The van der Waals surface area contributed by atoms with Crippen molar-refractivity contribution in [2.45, 2.75) is 6.54 Å². The van der Waals surface area contributed by atoms with E-state index in [2.05, 4.69) is 4.74 Å². The van der Waals surface area contributed by atoms with Crippen LogP contribution in [0.3, 0.4) is 0 Å². The second-order valence-electron chi connectivity index (χ2n) is 6.11. The Morgan fingerprint density at radius 3 is 2.57 bits per heavy atom. The van der Waals surface area contributed by atoms with E-state index in [1.165, 1.54) is 38.5 Å². The second-order valence-corrected chi connectivity index (χ2v) is 7.95. The molecule has 0 spiro atoms. The van der Waals surface area contributed by atoms with Crippen LogP contribution in [-0.2, 0) is 16.1 Å². The topological polar surface area (TPSA) is 93.1 Å². The van der Waals surface area contributed by atoms with Crippen LogP contribution in [0.2, 0.25) is 10.0 Å². The number of hydrogen-bond donors (Lipinski definition) is 1. The molecular weight excluding hydrogens is 453 g/mol. The van der Waals surface area contributed by atoms with Crippen LogP contribution >= 0.6 is 35.0 Å². The zero-order valence-electron chi connectivity index (χ0n) is 15.8. The van der Waals surface area contributed by atoms with Crippen molar-refractivity contribution in [1.29, 1.82) is 0 Å².